The van der Waals surface area contributed by atoms with Crippen molar-refractivity contribution in [1.82, 2.24) is 14.8 Å². The van der Waals surface area contributed by atoms with E-state index in [-0.39, 0.29) is 17.9 Å². The Labute approximate surface area is 184 Å². The standard InChI is InChI=1S/C24H33N3O4/c1-6-17-7-9-18(10-8-17)15-26(5)22(28)20-16-30-21(25-20)19-11-13-27(14-12-19)23(29)31-24(2,3)4/h7-10,16,19H,6,11-15H2,1-5H3. The number of nitrogens with zero attached hydrogens (tertiary/aromatic N) is 3. The number of benzene rings is 1. The summed E-state index contributed by atoms with van der Waals surface area (Å²) >= 11 is 0. The van der Waals surface area contributed by atoms with E-state index in [1.165, 1.54) is 11.8 Å². The Morgan fingerprint density at radius 2 is 1.77 bits per heavy atom. The average molecular weight is 428 g/mol. The van der Waals surface area contributed by atoms with E-state index >= 15 is 0 Å². The first-order valence-corrected chi connectivity index (χ1v) is 10.9. The van der Waals surface area contributed by atoms with Crippen molar-refractivity contribution in [2.24, 2.45) is 0 Å². The summed E-state index contributed by atoms with van der Waals surface area (Å²) in [6.45, 7) is 9.38. The highest BCUT2D eigenvalue weighted by atomic mass is 16.6. The zero-order valence-electron chi connectivity index (χ0n) is 19.2. The predicted molar refractivity (Wildman–Crippen MR) is 118 cm³/mol. The number of hydrogen-bond donors (Lipinski definition) is 0. The summed E-state index contributed by atoms with van der Waals surface area (Å²) in [6.07, 6.45) is 3.60. The second kappa shape index (κ2) is 9.54. The summed E-state index contributed by atoms with van der Waals surface area (Å²) in [6, 6.07) is 8.28. The summed E-state index contributed by atoms with van der Waals surface area (Å²) in [5.74, 6) is 0.487. The molecule has 2 amide bonds. The molecule has 0 N–H and O–H groups in total. The first-order valence-electron chi connectivity index (χ1n) is 10.9. The molecule has 1 aliphatic rings. The highest BCUT2D eigenvalue weighted by Crippen LogP contribution is 2.28. The molecule has 1 saturated heterocycles. The number of amides is 2. The molecule has 0 radical (unpaired) electrons. The Balaban J connectivity index is 1.54. The van der Waals surface area contributed by atoms with Crippen LogP contribution in [-0.2, 0) is 17.7 Å². The highest BCUT2D eigenvalue weighted by Gasteiger charge is 2.30. The predicted octanol–water partition coefficient (Wildman–Crippen LogP) is 4.62. The molecule has 0 atom stereocenters. The van der Waals surface area contributed by atoms with Gasteiger partial charge in [0.1, 0.15) is 11.9 Å². The topological polar surface area (TPSA) is 75.9 Å². The fourth-order valence-electron chi connectivity index (χ4n) is 3.63. The second-order valence-corrected chi connectivity index (χ2v) is 9.14. The third kappa shape index (κ3) is 6.09. The summed E-state index contributed by atoms with van der Waals surface area (Å²) in [5.41, 5.74) is 2.16. The van der Waals surface area contributed by atoms with Gasteiger partial charge in [-0.1, -0.05) is 31.2 Å². The lowest BCUT2D eigenvalue weighted by Crippen LogP contribution is -2.41. The number of oxazole rings is 1. The normalized spacial score (nSPS) is 15.1. The number of rotatable bonds is 5. The van der Waals surface area contributed by atoms with Crippen LogP contribution < -0.4 is 0 Å². The summed E-state index contributed by atoms with van der Waals surface area (Å²) in [5, 5.41) is 0. The van der Waals surface area contributed by atoms with Crippen molar-refractivity contribution in [2.75, 3.05) is 20.1 Å². The zero-order chi connectivity index (χ0) is 22.6. The van der Waals surface area contributed by atoms with Crippen molar-refractivity contribution in [3.8, 4) is 0 Å². The molecule has 0 spiro atoms. The molecule has 2 aromatic rings. The number of aryl methyl sites for hydroxylation is 1. The molecule has 1 aliphatic heterocycles. The molecule has 31 heavy (non-hydrogen) atoms. The molecule has 0 bridgehead atoms. The van der Waals surface area contributed by atoms with Gasteiger partial charge >= 0.3 is 6.09 Å². The molecule has 1 fully saturated rings. The quantitative estimate of drug-likeness (QED) is 0.696. The lowest BCUT2D eigenvalue weighted by molar-refractivity contribution is 0.0199. The van der Waals surface area contributed by atoms with Crippen molar-refractivity contribution < 1.29 is 18.7 Å². The minimum absolute atomic E-state index is 0.0899. The molecule has 0 saturated carbocycles. The van der Waals surface area contributed by atoms with Gasteiger partial charge in [-0.05, 0) is 51.2 Å². The van der Waals surface area contributed by atoms with Gasteiger partial charge in [-0.2, -0.15) is 0 Å². The maximum absolute atomic E-state index is 12.8. The van der Waals surface area contributed by atoms with Gasteiger partial charge in [0.15, 0.2) is 11.6 Å². The minimum Gasteiger partial charge on any atom is -0.448 e. The zero-order valence-corrected chi connectivity index (χ0v) is 19.2. The van der Waals surface area contributed by atoms with E-state index in [1.807, 2.05) is 20.8 Å². The van der Waals surface area contributed by atoms with Crippen LogP contribution in [0.2, 0.25) is 0 Å². The third-order valence-electron chi connectivity index (χ3n) is 5.43. The van der Waals surface area contributed by atoms with Crippen LogP contribution in [0.3, 0.4) is 0 Å². The van der Waals surface area contributed by atoms with Gasteiger partial charge in [0.2, 0.25) is 0 Å². The molecule has 7 heteroatoms. The van der Waals surface area contributed by atoms with E-state index in [4.69, 9.17) is 9.15 Å². The van der Waals surface area contributed by atoms with Gasteiger partial charge in [0.25, 0.3) is 5.91 Å². The van der Waals surface area contributed by atoms with Crippen LogP contribution in [0.15, 0.2) is 34.9 Å². The van der Waals surface area contributed by atoms with Gasteiger partial charge in [-0.25, -0.2) is 9.78 Å². The highest BCUT2D eigenvalue weighted by molar-refractivity contribution is 5.91. The van der Waals surface area contributed by atoms with E-state index in [0.29, 0.717) is 31.2 Å². The Bertz CT molecular complexity index is 890. The number of carbonyl (C=O) groups excluding carboxylic acids is 2. The number of aromatic nitrogens is 1. The van der Waals surface area contributed by atoms with Gasteiger partial charge in [0, 0.05) is 32.6 Å². The lowest BCUT2D eigenvalue weighted by Gasteiger charge is -2.32. The minimum atomic E-state index is -0.504. The Hall–Kier alpha value is -2.83. The monoisotopic (exact) mass is 427 g/mol. The van der Waals surface area contributed by atoms with E-state index in [1.54, 1.807) is 16.8 Å². The van der Waals surface area contributed by atoms with Gasteiger partial charge in [0.05, 0.1) is 0 Å². The summed E-state index contributed by atoms with van der Waals surface area (Å²) in [4.78, 5) is 32.8. The van der Waals surface area contributed by atoms with Crippen molar-refractivity contribution in [1.29, 1.82) is 0 Å². The number of carbonyl (C=O) groups is 2. The van der Waals surface area contributed by atoms with Crippen LogP contribution in [0.1, 0.15) is 74.0 Å². The Morgan fingerprint density at radius 1 is 1.16 bits per heavy atom. The van der Waals surface area contributed by atoms with Crippen molar-refractivity contribution in [2.45, 2.75) is 65.0 Å². The molecule has 1 aromatic heterocycles. The smallest absolute Gasteiger partial charge is 0.410 e. The maximum Gasteiger partial charge on any atom is 0.410 e. The van der Waals surface area contributed by atoms with Crippen molar-refractivity contribution >= 4 is 12.0 Å². The molecule has 2 heterocycles. The first-order chi connectivity index (χ1) is 14.7. The number of piperidine rings is 1. The van der Waals surface area contributed by atoms with E-state index in [2.05, 4.69) is 36.2 Å². The molecule has 0 unspecified atom stereocenters. The van der Waals surface area contributed by atoms with Crippen molar-refractivity contribution in [3.63, 3.8) is 0 Å². The number of likely N-dealkylation sites (tertiary alicyclic amines) is 1. The van der Waals surface area contributed by atoms with Gasteiger partial charge < -0.3 is 19.0 Å². The van der Waals surface area contributed by atoms with Crippen LogP contribution in [0, 0.1) is 0 Å². The van der Waals surface area contributed by atoms with Gasteiger partial charge in [-0.15, -0.1) is 0 Å². The fourth-order valence-corrected chi connectivity index (χ4v) is 3.63. The van der Waals surface area contributed by atoms with Crippen LogP contribution in [0.5, 0.6) is 0 Å². The van der Waals surface area contributed by atoms with Crippen LogP contribution >= 0.6 is 0 Å². The third-order valence-corrected chi connectivity index (χ3v) is 5.43. The maximum atomic E-state index is 12.8. The fraction of sp³-hybridized carbons (Fsp3) is 0.542. The van der Waals surface area contributed by atoms with E-state index < -0.39 is 5.60 Å². The lowest BCUT2D eigenvalue weighted by atomic mass is 9.97. The summed E-state index contributed by atoms with van der Waals surface area (Å²) < 4.78 is 11.1. The van der Waals surface area contributed by atoms with E-state index in [9.17, 15) is 9.59 Å². The largest absolute Gasteiger partial charge is 0.448 e. The molecule has 1 aromatic carbocycles. The van der Waals surface area contributed by atoms with Gasteiger partial charge in [-0.3, -0.25) is 4.79 Å². The number of hydrogen-bond acceptors (Lipinski definition) is 5. The van der Waals surface area contributed by atoms with Crippen molar-refractivity contribution in [3.05, 3.63) is 53.2 Å². The first kappa shape index (κ1) is 22.8. The molecule has 168 valence electrons. The Kier molecular flexibility index (Phi) is 7.03. The molecule has 7 nitrogen and oxygen atoms in total. The number of ether oxygens (including phenoxy) is 1. The molecule has 3 rings (SSSR count). The molecular formula is C24H33N3O4. The second-order valence-electron chi connectivity index (χ2n) is 9.14. The van der Waals surface area contributed by atoms with Crippen LogP contribution in [0.4, 0.5) is 4.79 Å². The van der Waals surface area contributed by atoms with Crippen LogP contribution in [0.25, 0.3) is 0 Å². The average Bonchev–Trinajstić information content (AvgIpc) is 3.23. The molecular weight excluding hydrogens is 394 g/mol. The van der Waals surface area contributed by atoms with E-state index in [0.717, 1.165) is 24.8 Å². The molecule has 0 aliphatic carbocycles. The SMILES string of the molecule is CCc1ccc(CN(C)C(=O)c2coc(C3CCN(C(=O)OC(C)(C)C)CC3)n2)cc1. The Morgan fingerprint density at radius 3 is 2.35 bits per heavy atom. The summed E-state index contributed by atoms with van der Waals surface area (Å²) in [7, 11) is 1.77. The van der Waals surface area contributed by atoms with Crippen LogP contribution in [-0.4, -0.2) is 52.5 Å².